The minimum atomic E-state index is -0.789. The lowest BCUT2D eigenvalue weighted by Gasteiger charge is -2.37. The maximum atomic E-state index is 11.2. The molecule has 0 radical (unpaired) electrons. The van der Waals surface area contributed by atoms with Crippen molar-refractivity contribution in [2.45, 2.75) is 13.8 Å². The molecular weight excluding hydrogens is 218 g/mol. The van der Waals surface area contributed by atoms with Crippen molar-refractivity contribution >= 4 is 11.7 Å². The van der Waals surface area contributed by atoms with Crippen LogP contribution in [0.5, 0.6) is 0 Å². The van der Waals surface area contributed by atoms with Gasteiger partial charge in [-0.1, -0.05) is 18.2 Å². The third-order valence-electron chi connectivity index (χ3n) is 3.30. The molecule has 0 aromatic heterocycles. The molecule has 0 aliphatic carbocycles. The summed E-state index contributed by atoms with van der Waals surface area (Å²) in [5.41, 5.74) is 2.53. The third-order valence-corrected chi connectivity index (χ3v) is 3.30. The fourth-order valence-corrected chi connectivity index (χ4v) is 2.00. The Labute approximate surface area is 101 Å². The number of aryl methyl sites for hydroxylation is 2. The van der Waals surface area contributed by atoms with E-state index in [-0.39, 0.29) is 0 Å². The molecule has 0 amide bonds. The molecule has 1 aliphatic rings. The summed E-state index contributed by atoms with van der Waals surface area (Å²) in [4.78, 5) is 11.2. The molecule has 1 heterocycles. The Bertz CT molecular complexity index is 418. The second kappa shape index (κ2) is 4.37. The van der Waals surface area contributed by atoms with Crippen molar-refractivity contribution < 1.29 is 14.6 Å². The number of anilines is 1. The summed E-state index contributed by atoms with van der Waals surface area (Å²) >= 11 is 0. The van der Waals surface area contributed by atoms with Crippen molar-refractivity contribution in [3.05, 3.63) is 29.3 Å². The number of carboxylic acid groups (broad SMARTS) is 1. The van der Waals surface area contributed by atoms with Gasteiger partial charge in [0.15, 0.2) is 0 Å². The molecule has 17 heavy (non-hydrogen) atoms. The van der Waals surface area contributed by atoms with Crippen molar-refractivity contribution in [2.24, 2.45) is 5.41 Å². The van der Waals surface area contributed by atoms with Crippen LogP contribution in [0, 0.1) is 19.3 Å². The van der Waals surface area contributed by atoms with Crippen LogP contribution in [0.25, 0.3) is 0 Å². The minimum Gasteiger partial charge on any atom is -0.481 e. The average Bonchev–Trinajstić information content (AvgIpc) is 2.19. The fourth-order valence-electron chi connectivity index (χ4n) is 2.00. The lowest BCUT2D eigenvalue weighted by atomic mass is 9.86. The molecule has 0 saturated carbocycles. The standard InChI is InChI=1S/C13H17NO3/c1-9-4-3-5-10(2)11(9)14-6-13(12(15)16)7-17-8-13/h3-5,14H,6-8H2,1-2H3,(H,15,16). The van der Waals surface area contributed by atoms with Crippen LogP contribution < -0.4 is 5.32 Å². The quantitative estimate of drug-likeness (QED) is 0.835. The van der Waals surface area contributed by atoms with E-state index in [9.17, 15) is 9.90 Å². The lowest BCUT2D eigenvalue weighted by Crippen LogP contribution is -2.53. The van der Waals surface area contributed by atoms with Gasteiger partial charge in [-0.3, -0.25) is 4.79 Å². The topological polar surface area (TPSA) is 58.6 Å². The Morgan fingerprint density at radius 3 is 2.41 bits per heavy atom. The Morgan fingerprint density at radius 1 is 1.41 bits per heavy atom. The third kappa shape index (κ3) is 2.13. The number of hydrogen-bond acceptors (Lipinski definition) is 3. The van der Waals surface area contributed by atoms with Gasteiger partial charge in [0.25, 0.3) is 0 Å². The first-order chi connectivity index (χ1) is 8.05. The Kier molecular flexibility index (Phi) is 3.07. The number of rotatable bonds is 4. The molecule has 2 rings (SSSR count). The molecule has 1 saturated heterocycles. The molecule has 1 aromatic carbocycles. The molecule has 0 atom stereocenters. The van der Waals surface area contributed by atoms with Gasteiger partial charge >= 0.3 is 5.97 Å². The number of nitrogens with one attached hydrogen (secondary N) is 1. The van der Waals surface area contributed by atoms with E-state index in [1.807, 2.05) is 32.0 Å². The normalized spacial score (nSPS) is 17.3. The van der Waals surface area contributed by atoms with Crippen LogP contribution in [0.3, 0.4) is 0 Å². The van der Waals surface area contributed by atoms with Gasteiger partial charge < -0.3 is 15.2 Å². The predicted octanol–water partition coefficient (Wildman–Crippen LogP) is 1.82. The first-order valence-electron chi connectivity index (χ1n) is 5.66. The van der Waals surface area contributed by atoms with E-state index >= 15 is 0 Å². The van der Waals surface area contributed by atoms with Gasteiger partial charge in [-0.25, -0.2) is 0 Å². The van der Waals surface area contributed by atoms with Gasteiger partial charge in [0, 0.05) is 12.2 Å². The van der Waals surface area contributed by atoms with Gasteiger partial charge in [-0.05, 0) is 25.0 Å². The van der Waals surface area contributed by atoms with E-state index < -0.39 is 11.4 Å². The molecule has 1 aromatic rings. The highest BCUT2D eigenvalue weighted by molar-refractivity contribution is 5.77. The lowest BCUT2D eigenvalue weighted by molar-refractivity contribution is -0.176. The molecule has 0 spiro atoms. The number of carboxylic acids is 1. The highest BCUT2D eigenvalue weighted by atomic mass is 16.5. The summed E-state index contributed by atoms with van der Waals surface area (Å²) in [5.74, 6) is -0.789. The van der Waals surface area contributed by atoms with E-state index in [2.05, 4.69) is 5.32 Å². The summed E-state index contributed by atoms with van der Waals surface area (Å²) in [6.45, 7) is 5.02. The zero-order chi connectivity index (χ0) is 12.5. The smallest absolute Gasteiger partial charge is 0.316 e. The van der Waals surface area contributed by atoms with Gasteiger partial charge in [0.2, 0.25) is 0 Å². The highest BCUT2D eigenvalue weighted by Crippen LogP contribution is 2.29. The van der Waals surface area contributed by atoms with Crippen LogP contribution in [-0.2, 0) is 9.53 Å². The van der Waals surface area contributed by atoms with E-state index in [0.717, 1.165) is 16.8 Å². The number of aliphatic carboxylic acids is 1. The van der Waals surface area contributed by atoms with Crippen LogP contribution in [-0.4, -0.2) is 30.8 Å². The fraction of sp³-hybridized carbons (Fsp3) is 0.462. The molecule has 2 N–H and O–H groups in total. The molecule has 0 bridgehead atoms. The summed E-state index contributed by atoms with van der Waals surface area (Å²) in [6.07, 6.45) is 0. The summed E-state index contributed by atoms with van der Waals surface area (Å²) in [7, 11) is 0. The zero-order valence-corrected chi connectivity index (χ0v) is 10.1. The van der Waals surface area contributed by atoms with Crippen LogP contribution in [0.2, 0.25) is 0 Å². The number of benzene rings is 1. The van der Waals surface area contributed by atoms with E-state index in [4.69, 9.17) is 4.74 Å². The Morgan fingerprint density at radius 2 is 2.00 bits per heavy atom. The Balaban J connectivity index is 2.10. The molecular formula is C13H17NO3. The van der Waals surface area contributed by atoms with Gasteiger partial charge in [0.1, 0.15) is 5.41 Å². The van der Waals surface area contributed by atoms with Crippen molar-refractivity contribution in [1.82, 2.24) is 0 Å². The summed E-state index contributed by atoms with van der Waals surface area (Å²) in [5, 5.41) is 12.4. The van der Waals surface area contributed by atoms with Crippen molar-refractivity contribution in [2.75, 3.05) is 25.1 Å². The van der Waals surface area contributed by atoms with Crippen molar-refractivity contribution in [1.29, 1.82) is 0 Å². The van der Waals surface area contributed by atoms with Crippen molar-refractivity contribution in [3.63, 3.8) is 0 Å². The maximum Gasteiger partial charge on any atom is 0.316 e. The van der Waals surface area contributed by atoms with E-state index in [1.54, 1.807) is 0 Å². The van der Waals surface area contributed by atoms with Crippen LogP contribution >= 0.6 is 0 Å². The average molecular weight is 235 g/mol. The first-order valence-corrected chi connectivity index (χ1v) is 5.66. The number of ether oxygens (including phenoxy) is 1. The molecule has 92 valence electrons. The first kappa shape index (κ1) is 11.9. The number of para-hydroxylation sites is 1. The second-order valence-corrected chi connectivity index (χ2v) is 4.70. The number of hydrogen-bond donors (Lipinski definition) is 2. The van der Waals surface area contributed by atoms with Gasteiger partial charge in [0.05, 0.1) is 13.2 Å². The second-order valence-electron chi connectivity index (χ2n) is 4.70. The molecule has 1 aliphatic heterocycles. The van der Waals surface area contributed by atoms with Crippen LogP contribution in [0.15, 0.2) is 18.2 Å². The predicted molar refractivity (Wildman–Crippen MR) is 65.3 cm³/mol. The molecule has 4 nitrogen and oxygen atoms in total. The van der Waals surface area contributed by atoms with Gasteiger partial charge in [-0.2, -0.15) is 0 Å². The van der Waals surface area contributed by atoms with E-state index in [1.165, 1.54) is 0 Å². The number of carbonyl (C=O) groups is 1. The SMILES string of the molecule is Cc1cccc(C)c1NCC1(C(=O)O)COC1. The maximum absolute atomic E-state index is 11.2. The highest BCUT2D eigenvalue weighted by Gasteiger charge is 2.46. The molecule has 4 heteroatoms. The van der Waals surface area contributed by atoms with Gasteiger partial charge in [-0.15, -0.1) is 0 Å². The zero-order valence-electron chi connectivity index (χ0n) is 10.1. The largest absolute Gasteiger partial charge is 0.481 e. The Hall–Kier alpha value is -1.55. The van der Waals surface area contributed by atoms with Crippen LogP contribution in [0.4, 0.5) is 5.69 Å². The molecule has 0 unspecified atom stereocenters. The molecule has 1 fully saturated rings. The minimum absolute atomic E-state index is 0.292. The summed E-state index contributed by atoms with van der Waals surface area (Å²) < 4.78 is 5.03. The van der Waals surface area contributed by atoms with Crippen molar-refractivity contribution in [3.8, 4) is 0 Å². The summed E-state index contributed by atoms with van der Waals surface area (Å²) in [6, 6.07) is 6.02. The van der Waals surface area contributed by atoms with E-state index in [0.29, 0.717) is 19.8 Å². The van der Waals surface area contributed by atoms with Crippen LogP contribution in [0.1, 0.15) is 11.1 Å². The monoisotopic (exact) mass is 235 g/mol.